The number of rotatable bonds is 1. The Morgan fingerprint density at radius 1 is 0.705 bits per heavy atom. The van der Waals surface area contributed by atoms with Gasteiger partial charge < -0.3 is 23.7 Å². The van der Waals surface area contributed by atoms with Crippen LogP contribution in [0.5, 0.6) is 0 Å². The molecule has 1 aromatic heterocycles. The minimum Gasteiger partial charge on any atom is -0.377 e. The summed E-state index contributed by atoms with van der Waals surface area (Å²) in [5.41, 5.74) is 4.62. The van der Waals surface area contributed by atoms with E-state index in [1.807, 2.05) is 32.0 Å². The summed E-state index contributed by atoms with van der Waals surface area (Å²) >= 11 is 1.72. The number of fused-ring (bicyclic) bond motifs is 8. The van der Waals surface area contributed by atoms with Crippen molar-refractivity contribution < 1.29 is 37.5 Å². The van der Waals surface area contributed by atoms with Crippen LogP contribution in [0.3, 0.4) is 0 Å². The highest BCUT2D eigenvalue weighted by Crippen LogP contribution is 2.66. The zero-order valence-electron chi connectivity index (χ0n) is 25.8. The van der Waals surface area contributed by atoms with Gasteiger partial charge in [0, 0.05) is 20.6 Å². The minimum atomic E-state index is -1.52. The first-order valence-electron chi connectivity index (χ1n) is 15.3. The van der Waals surface area contributed by atoms with Gasteiger partial charge in [-0.05, 0) is 68.5 Å². The number of aryl methyl sites for hydroxylation is 2. The molecule has 5 atom stereocenters. The van der Waals surface area contributed by atoms with Gasteiger partial charge in [-0.1, -0.05) is 18.2 Å². The van der Waals surface area contributed by atoms with Crippen LogP contribution in [-0.4, -0.2) is 85.0 Å². The maximum Gasteiger partial charge on any atom is 0.239 e. The zero-order valence-corrected chi connectivity index (χ0v) is 27.5. The van der Waals surface area contributed by atoms with Crippen molar-refractivity contribution in [2.45, 2.75) is 50.2 Å². The Morgan fingerprint density at radius 3 is 1.75 bits per heavy atom. The molecular weight excluding hydrogens is 602 g/mol. The van der Waals surface area contributed by atoms with Crippen molar-refractivity contribution in [2.75, 3.05) is 64.4 Å². The van der Waals surface area contributed by atoms with Crippen LogP contribution in [0.25, 0.3) is 0 Å². The summed E-state index contributed by atoms with van der Waals surface area (Å²) in [6.45, 7) is 12.2. The van der Waals surface area contributed by atoms with Crippen molar-refractivity contribution in [2.24, 2.45) is 11.8 Å². The number of ether oxygens (including phenoxy) is 5. The average Bonchev–Trinajstić information content (AvgIpc) is 3.56. The number of anilines is 1. The van der Waals surface area contributed by atoms with Crippen molar-refractivity contribution in [1.29, 1.82) is 0 Å². The SMILES string of the molecule is Cc1sc(C)c2c1COCCOCCOCCOCCOCC1=C(C2)[C@]2(C)C3C(=O)N(c4ccccc4)C(=O)C3[C@@]1(C)S2=O. The van der Waals surface area contributed by atoms with Gasteiger partial charge in [-0.25, -0.2) is 4.90 Å². The lowest BCUT2D eigenvalue weighted by molar-refractivity contribution is -0.122. The third kappa shape index (κ3) is 5.14. The number of nitrogens with zero attached hydrogens (tertiary/aromatic N) is 1. The third-order valence-corrected chi connectivity index (χ3v) is 13.3. The fourth-order valence-electron chi connectivity index (χ4n) is 7.49. The molecule has 238 valence electrons. The van der Waals surface area contributed by atoms with Gasteiger partial charge in [0.15, 0.2) is 0 Å². The van der Waals surface area contributed by atoms with Gasteiger partial charge in [0.1, 0.15) is 0 Å². The molecule has 0 saturated carbocycles. The van der Waals surface area contributed by atoms with Gasteiger partial charge >= 0.3 is 0 Å². The van der Waals surface area contributed by atoms with Crippen LogP contribution in [0.1, 0.15) is 34.7 Å². The number of thiophene rings is 1. The number of carbonyl (C=O) groups is 2. The molecule has 0 aliphatic carbocycles. The van der Waals surface area contributed by atoms with Crippen molar-refractivity contribution in [1.82, 2.24) is 0 Å². The zero-order chi connectivity index (χ0) is 31.1. The molecule has 11 heteroatoms. The average molecular weight is 644 g/mol. The molecule has 4 aliphatic heterocycles. The van der Waals surface area contributed by atoms with E-state index < -0.39 is 32.1 Å². The summed E-state index contributed by atoms with van der Waals surface area (Å²) in [7, 11) is -1.52. The van der Waals surface area contributed by atoms with E-state index in [0.717, 1.165) is 27.2 Å². The molecule has 44 heavy (non-hydrogen) atoms. The molecule has 6 rings (SSSR count). The van der Waals surface area contributed by atoms with Gasteiger partial charge in [-0.15, -0.1) is 11.3 Å². The Hall–Kier alpha value is -2.25. The van der Waals surface area contributed by atoms with Gasteiger partial charge in [-0.2, -0.15) is 0 Å². The summed E-state index contributed by atoms with van der Waals surface area (Å²) < 4.78 is 41.7. The molecule has 0 spiro atoms. The highest BCUT2D eigenvalue weighted by Gasteiger charge is 2.78. The molecule has 1 aromatic carbocycles. The van der Waals surface area contributed by atoms with Crippen LogP contribution in [0.4, 0.5) is 5.69 Å². The van der Waals surface area contributed by atoms with E-state index in [-0.39, 0.29) is 18.4 Å². The number of hydrogen-bond donors (Lipinski definition) is 0. The Kier molecular flexibility index (Phi) is 9.27. The number of amides is 2. The maximum atomic E-state index is 14.6. The number of imide groups is 1. The first-order chi connectivity index (χ1) is 21.2. The number of carbonyl (C=O) groups excluding carboxylic acids is 2. The summed E-state index contributed by atoms with van der Waals surface area (Å²) in [6, 6.07) is 9.05. The van der Waals surface area contributed by atoms with E-state index in [0.29, 0.717) is 71.6 Å². The fraction of sp³-hybridized carbons (Fsp3) is 0.576. The second kappa shape index (κ2) is 12.9. The Labute approximate surface area is 265 Å². The number of para-hydroxylation sites is 1. The van der Waals surface area contributed by atoms with Crippen molar-refractivity contribution in [3.05, 3.63) is 62.4 Å². The second-order valence-corrected chi connectivity index (χ2v) is 15.7. The topological polar surface area (TPSA) is 101 Å². The normalized spacial score (nSPS) is 32.5. The molecule has 9 nitrogen and oxygen atoms in total. The van der Waals surface area contributed by atoms with Crippen molar-refractivity contribution >= 4 is 39.6 Å². The fourth-order valence-corrected chi connectivity index (χ4v) is 11.2. The predicted molar refractivity (Wildman–Crippen MR) is 168 cm³/mol. The molecule has 5 heterocycles. The molecule has 2 bridgehead atoms. The molecule has 2 saturated heterocycles. The highest BCUT2D eigenvalue weighted by atomic mass is 32.2. The lowest BCUT2D eigenvalue weighted by Gasteiger charge is -2.35. The molecule has 2 fully saturated rings. The van der Waals surface area contributed by atoms with Crippen LogP contribution in [0, 0.1) is 25.7 Å². The number of benzene rings is 1. The summed E-state index contributed by atoms with van der Waals surface area (Å²) in [5.74, 6) is -2.01. The van der Waals surface area contributed by atoms with Crippen LogP contribution in [0.2, 0.25) is 0 Å². The third-order valence-electron chi connectivity index (χ3n) is 9.70. The first-order valence-corrected chi connectivity index (χ1v) is 17.2. The molecule has 2 aromatic rings. The maximum absolute atomic E-state index is 14.6. The summed E-state index contributed by atoms with van der Waals surface area (Å²) in [6.07, 6.45) is 0.520. The lowest BCUT2D eigenvalue weighted by Crippen LogP contribution is -2.44. The Morgan fingerprint density at radius 2 is 1.18 bits per heavy atom. The molecule has 2 amide bonds. The van der Waals surface area contributed by atoms with E-state index >= 15 is 0 Å². The van der Waals surface area contributed by atoms with E-state index in [2.05, 4.69) is 13.8 Å². The van der Waals surface area contributed by atoms with Gasteiger partial charge in [0.25, 0.3) is 0 Å². The first kappa shape index (κ1) is 31.7. The van der Waals surface area contributed by atoms with Gasteiger partial charge in [0.2, 0.25) is 11.8 Å². The van der Waals surface area contributed by atoms with Crippen LogP contribution in [-0.2, 0) is 57.1 Å². The van der Waals surface area contributed by atoms with Crippen LogP contribution in [0.15, 0.2) is 41.5 Å². The van der Waals surface area contributed by atoms with Crippen LogP contribution < -0.4 is 4.90 Å². The summed E-state index contributed by atoms with van der Waals surface area (Å²) in [5, 5.41) is 0. The highest BCUT2D eigenvalue weighted by molar-refractivity contribution is 7.89. The van der Waals surface area contributed by atoms with Crippen LogP contribution >= 0.6 is 11.3 Å². The molecule has 3 unspecified atom stereocenters. The van der Waals surface area contributed by atoms with Gasteiger partial charge in [0.05, 0.1) is 93.1 Å². The lowest BCUT2D eigenvalue weighted by atomic mass is 9.64. The van der Waals surface area contributed by atoms with E-state index in [1.165, 1.54) is 9.78 Å². The largest absolute Gasteiger partial charge is 0.377 e. The monoisotopic (exact) mass is 643 g/mol. The standard InChI is InChI=1S/C33H41NO8S2/c1-21-24-18-26-27(20-42-17-15-40-13-11-38-10-12-39-14-16-41-19-25(24)22(2)43-21)33(4)29-28(32(26,3)44(33)37)30(35)34(31(29)36)23-8-6-5-7-9-23/h5-9,28-29H,10-20H2,1-4H3/t28?,29?,32-,33+,44?/m1/s1. The smallest absolute Gasteiger partial charge is 0.239 e. The minimum absolute atomic E-state index is 0.217. The Balaban J connectivity index is 1.39. The molecular formula is C33H41NO8S2. The van der Waals surface area contributed by atoms with Crippen molar-refractivity contribution in [3.63, 3.8) is 0 Å². The van der Waals surface area contributed by atoms with E-state index in [9.17, 15) is 13.8 Å². The molecule has 4 aliphatic rings. The second-order valence-electron chi connectivity index (χ2n) is 12.0. The Bertz CT molecular complexity index is 1470. The van der Waals surface area contributed by atoms with E-state index in [4.69, 9.17) is 23.7 Å². The summed E-state index contributed by atoms with van der Waals surface area (Å²) in [4.78, 5) is 31.9. The molecule has 0 N–H and O–H groups in total. The van der Waals surface area contributed by atoms with Gasteiger partial charge in [-0.3, -0.25) is 13.8 Å². The molecule has 0 radical (unpaired) electrons. The predicted octanol–water partition coefficient (Wildman–Crippen LogP) is 3.90. The number of hydrogen-bond acceptors (Lipinski definition) is 9. The quantitative estimate of drug-likeness (QED) is 0.341. The van der Waals surface area contributed by atoms with E-state index in [1.54, 1.807) is 23.5 Å². The van der Waals surface area contributed by atoms with Crippen molar-refractivity contribution in [3.8, 4) is 0 Å².